The van der Waals surface area contributed by atoms with Crippen molar-refractivity contribution in [3.63, 3.8) is 0 Å². The average molecular weight is 590 g/mol. The van der Waals surface area contributed by atoms with E-state index >= 15 is 0 Å². The van der Waals surface area contributed by atoms with Crippen molar-refractivity contribution in [1.29, 1.82) is 0 Å². The van der Waals surface area contributed by atoms with Gasteiger partial charge in [0.25, 0.3) is 0 Å². The Morgan fingerprint density at radius 2 is 1.07 bits per heavy atom. The van der Waals surface area contributed by atoms with Gasteiger partial charge in [-0.05, 0) is 114 Å². The fourth-order valence-electron chi connectivity index (χ4n) is 6.58. The van der Waals surface area contributed by atoms with Gasteiger partial charge in [-0.25, -0.2) is 0 Å². The predicted molar refractivity (Wildman–Crippen MR) is 197 cm³/mol. The standard InChI is InChI=1S/C44H47N/c1-6-8-10-30-11-13-31(14-12-30)35-21-25-40-37(27-35)29-38-28-36(32-15-17-33(18-16-32)42(45)9-7-2)22-26-41(38)43(40)34-19-23-39(24-20-34)44(3,4)5/h11-29,42H,6-10,45H2,1-5H3. The molecule has 0 fully saturated rings. The second-order valence-electron chi connectivity index (χ2n) is 13.8. The van der Waals surface area contributed by atoms with Crippen LogP contribution in [0.4, 0.5) is 0 Å². The third-order valence-corrected chi connectivity index (χ3v) is 9.37. The molecule has 1 nitrogen and oxygen atoms in total. The highest BCUT2D eigenvalue weighted by Crippen LogP contribution is 2.40. The predicted octanol–water partition coefficient (Wildman–Crippen LogP) is 12.4. The normalized spacial score (nSPS) is 12.6. The number of unbranched alkanes of at least 4 members (excludes halogenated alkanes) is 1. The molecule has 0 aliphatic heterocycles. The van der Waals surface area contributed by atoms with Crippen LogP contribution in [0.3, 0.4) is 0 Å². The fourth-order valence-corrected chi connectivity index (χ4v) is 6.58. The van der Waals surface area contributed by atoms with Crippen molar-refractivity contribution in [2.24, 2.45) is 5.73 Å². The Kier molecular flexibility index (Phi) is 8.92. The molecule has 0 heterocycles. The van der Waals surface area contributed by atoms with Crippen molar-refractivity contribution >= 4 is 21.5 Å². The molecule has 0 bridgehead atoms. The molecule has 6 aromatic rings. The number of rotatable bonds is 9. The highest BCUT2D eigenvalue weighted by atomic mass is 14.6. The Hall–Kier alpha value is -4.20. The van der Waals surface area contributed by atoms with Crippen molar-refractivity contribution in [2.75, 3.05) is 0 Å². The maximum Gasteiger partial charge on any atom is 0.0294 e. The van der Waals surface area contributed by atoms with Crippen LogP contribution in [0.15, 0.2) is 115 Å². The van der Waals surface area contributed by atoms with Gasteiger partial charge in [0.05, 0.1) is 0 Å². The molecule has 6 aromatic carbocycles. The fraction of sp³-hybridized carbons (Fsp3) is 0.273. The van der Waals surface area contributed by atoms with Gasteiger partial charge in [0.1, 0.15) is 0 Å². The van der Waals surface area contributed by atoms with Gasteiger partial charge >= 0.3 is 0 Å². The average Bonchev–Trinajstić information content (AvgIpc) is 3.06. The van der Waals surface area contributed by atoms with E-state index in [0.29, 0.717) is 0 Å². The Balaban J connectivity index is 1.48. The van der Waals surface area contributed by atoms with Crippen LogP contribution in [0.5, 0.6) is 0 Å². The minimum Gasteiger partial charge on any atom is -0.324 e. The number of benzene rings is 6. The lowest BCUT2D eigenvalue weighted by Crippen LogP contribution is -2.10. The monoisotopic (exact) mass is 589 g/mol. The molecule has 0 saturated heterocycles. The summed E-state index contributed by atoms with van der Waals surface area (Å²) in [5.74, 6) is 0. The Bertz CT molecular complexity index is 1900. The van der Waals surface area contributed by atoms with Gasteiger partial charge in [0, 0.05) is 6.04 Å². The summed E-state index contributed by atoms with van der Waals surface area (Å²) in [5.41, 5.74) is 18.0. The molecule has 228 valence electrons. The molecule has 0 radical (unpaired) electrons. The van der Waals surface area contributed by atoms with Crippen molar-refractivity contribution in [2.45, 2.75) is 78.2 Å². The van der Waals surface area contributed by atoms with Crippen LogP contribution in [-0.4, -0.2) is 0 Å². The summed E-state index contributed by atoms with van der Waals surface area (Å²) >= 11 is 0. The van der Waals surface area contributed by atoms with Crippen LogP contribution in [-0.2, 0) is 11.8 Å². The van der Waals surface area contributed by atoms with Gasteiger partial charge < -0.3 is 5.73 Å². The number of nitrogens with two attached hydrogens (primary N) is 1. The molecule has 0 aromatic heterocycles. The Morgan fingerprint density at radius 1 is 0.556 bits per heavy atom. The molecule has 1 heteroatoms. The van der Waals surface area contributed by atoms with E-state index in [1.54, 1.807) is 0 Å². The zero-order chi connectivity index (χ0) is 31.6. The summed E-state index contributed by atoms with van der Waals surface area (Å²) in [7, 11) is 0. The zero-order valence-electron chi connectivity index (χ0n) is 27.7. The van der Waals surface area contributed by atoms with E-state index < -0.39 is 0 Å². The first-order valence-corrected chi connectivity index (χ1v) is 16.8. The molecule has 0 amide bonds. The lowest BCUT2D eigenvalue weighted by atomic mass is 9.84. The quantitative estimate of drug-likeness (QED) is 0.167. The smallest absolute Gasteiger partial charge is 0.0294 e. The van der Waals surface area contributed by atoms with Crippen LogP contribution < -0.4 is 5.73 Å². The van der Waals surface area contributed by atoms with Gasteiger partial charge in [0.2, 0.25) is 0 Å². The second kappa shape index (κ2) is 13.0. The van der Waals surface area contributed by atoms with Crippen molar-refractivity contribution in [1.82, 2.24) is 0 Å². The molecule has 0 aliphatic rings. The van der Waals surface area contributed by atoms with Crippen LogP contribution >= 0.6 is 0 Å². The van der Waals surface area contributed by atoms with Crippen LogP contribution in [0.1, 0.15) is 83.0 Å². The lowest BCUT2D eigenvalue weighted by molar-refractivity contribution is 0.590. The SMILES string of the molecule is CCCCc1ccc(-c2ccc3c(-c4ccc(C(C)(C)C)cc4)c4ccc(-c5ccc(C(N)CCC)cc5)cc4cc3c2)cc1. The number of hydrogen-bond donors (Lipinski definition) is 1. The minimum atomic E-state index is 0.0981. The third kappa shape index (κ3) is 6.60. The van der Waals surface area contributed by atoms with Gasteiger partial charge in [-0.1, -0.05) is 145 Å². The summed E-state index contributed by atoms with van der Waals surface area (Å²) < 4.78 is 0. The molecule has 1 unspecified atom stereocenters. The molecule has 0 saturated carbocycles. The molecule has 1 atom stereocenters. The summed E-state index contributed by atoms with van der Waals surface area (Å²) in [6.45, 7) is 11.3. The van der Waals surface area contributed by atoms with Crippen molar-refractivity contribution in [3.05, 3.63) is 132 Å². The summed E-state index contributed by atoms with van der Waals surface area (Å²) in [6.07, 6.45) is 5.71. The second-order valence-corrected chi connectivity index (χ2v) is 13.8. The highest BCUT2D eigenvalue weighted by molar-refractivity contribution is 6.14. The van der Waals surface area contributed by atoms with Gasteiger partial charge in [-0.2, -0.15) is 0 Å². The molecule has 0 aliphatic carbocycles. The van der Waals surface area contributed by atoms with Crippen LogP contribution in [0.25, 0.3) is 54.9 Å². The maximum atomic E-state index is 6.41. The van der Waals surface area contributed by atoms with Crippen LogP contribution in [0, 0.1) is 0 Å². The van der Waals surface area contributed by atoms with Crippen molar-refractivity contribution < 1.29 is 0 Å². The molecular formula is C44H47N. The van der Waals surface area contributed by atoms with E-state index in [2.05, 4.69) is 150 Å². The Morgan fingerprint density at radius 3 is 1.58 bits per heavy atom. The summed E-state index contributed by atoms with van der Waals surface area (Å²) in [5, 5.41) is 5.09. The minimum absolute atomic E-state index is 0.0981. The van der Waals surface area contributed by atoms with E-state index in [1.165, 1.54) is 84.5 Å². The maximum absolute atomic E-state index is 6.41. The first kappa shape index (κ1) is 30.8. The van der Waals surface area contributed by atoms with E-state index in [9.17, 15) is 0 Å². The zero-order valence-corrected chi connectivity index (χ0v) is 27.7. The summed E-state index contributed by atoms with van der Waals surface area (Å²) in [4.78, 5) is 0. The topological polar surface area (TPSA) is 26.0 Å². The molecular weight excluding hydrogens is 542 g/mol. The van der Waals surface area contributed by atoms with E-state index in [-0.39, 0.29) is 11.5 Å². The highest BCUT2D eigenvalue weighted by Gasteiger charge is 2.16. The largest absolute Gasteiger partial charge is 0.324 e. The third-order valence-electron chi connectivity index (χ3n) is 9.37. The lowest BCUT2D eigenvalue weighted by Gasteiger charge is -2.20. The molecule has 2 N–H and O–H groups in total. The summed E-state index contributed by atoms with van der Waals surface area (Å²) in [6, 6.07) is 43.6. The number of fused-ring (bicyclic) bond motifs is 2. The number of aryl methyl sites for hydroxylation is 1. The van der Waals surface area contributed by atoms with E-state index in [4.69, 9.17) is 5.73 Å². The molecule has 6 rings (SSSR count). The molecule has 0 spiro atoms. The van der Waals surface area contributed by atoms with Crippen LogP contribution in [0.2, 0.25) is 0 Å². The number of hydrogen-bond acceptors (Lipinski definition) is 1. The van der Waals surface area contributed by atoms with E-state index in [1.807, 2.05) is 0 Å². The van der Waals surface area contributed by atoms with Gasteiger partial charge in [-0.3, -0.25) is 0 Å². The first-order valence-electron chi connectivity index (χ1n) is 16.8. The first-order chi connectivity index (χ1) is 21.7. The van der Waals surface area contributed by atoms with E-state index in [0.717, 1.165) is 19.3 Å². The van der Waals surface area contributed by atoms with Crippen molar-refractivity contribution in [3.8, 4) is 33.4 Å². The molecule has 45 heavy (non-hydrogen) atoms. The van der Waals surface area contributed by atoms with Gasteiger partial charge in [0.15, 0.2) is 0 Å². The Labute approximate surface area is 270 Å². The van der Waals surface area contributed by atoms with Gasteiger partial charge in [-0.15, -0.1) is 0 Å².